The molecule has 0 amide bonds. The maximum Gasteiger partial charge on any atom is 0.142 e. The minimum Gasteiger partial charge on any atom is -0.206 e. The Morgan fingerprint density at radius 1 is 0.967 bits per heavy atom. The second-order valence-electron chi connectivity index (χ2n) is 9.57. The largest absolute Gasteiger partial charge is 0.206 e. The summed E-state index contributed by atoms with van der Waals surface area (Å²) in [5, 5.41) is 0. The molecule has 0 atom stereocenters. The fourth-order valence-corrected chi connectivity index (χ4v) is 5.59. The number of hydrogen-bond acceptors (Lipinski definition) is 0. The summed E-state index contributed by atoms with van der Waals surface area (Å²) < 4.78 is 28.6. The summed E-state index contributed by atoms with van der Waals surface area (Å²) in [4.78, 5) is 0. The molecule has 0 saturated heterocycles. The molecule has 0 unspecified atom stereocenters. The lowest BCUT2D eigenvalue weighted by molar-refractivity contribution is 0.153. The summed E-state index contributed by atoms with van der Waals surface area (Å²) in [6.07, 6.45) is 17.6. The Morgan fingerprint density at radius 3 is 2.13 bits per heavy atom. The number of halogens is 2. The Labute approximate surface area is 182 Å². The van der Waals surface area contributed by atoms with E-state index in [2.05, 4.69) is 18.4 Å². The number of benzene rings is 1. The zero-order valence-corrected chi connectivity index (χ0v) is 18.7. The highest BCUT2D eigenvalue weighted by Crippen LogP contribution is 2.42. The van der Waals surface area contributed by atoms with Gasteiger partial charge in [0.1, 0.15) is 11.6 Å². The average Bonchev–Trinajstić information content (AvgIpc) is 2.75. The molecule has 0 aliphatic heterocycles. The van der Waals surface area contributed by atoms with Crippen molar-refractivity contribution in [3.05, 3.63) is 47.5 Å². The molecule has 0 radical (unpaired) electrons. The fourth-order valence-electron chi connectivity index (χ4n) is 5.59. The molecule has 3 rings (SSSR count). The van der Waals surface area contributed by atoms with Crippen molar-refractivity contribution in [2.24, 2.45) is 23.7 Å². The summed E-state index contributed by atoms with van der Waals surface area (Å²) in [6.45, 7) is 5.83. The van der Waals surface area contributed by atoms with Crippen LogP contribution in [0.15, 0.2) is 24.8 Å². The van der Waals surface area contributed by atoms with Crippen molar-refractivity contribution in [2.45, 2.75) is 90.4 Å². The number of unbranched alkanes of at least 4 members (excludes halogenated alkanes) is 1. The van der Waals surface area contributed by atoms with Gasteiger partial charge in [0, 0.05) is 5.92 Å². The van der Waals surface area contributed by atoms with Gasteiger partial charge in [0.25, 0.3) is 0 Å². The minimum absolute atomic E-state index is 0.0493. The van der Waals surface area contributed by atoms with E-state index < -0.39 is 11.6 Å². The fraction of sp³-hybridized carbons (Fsp3) is 0.643. The lowest BCUT2D eigenvalue weighted by atomic mass is 9.69. The van der Waals surface area contributed by atoms with E-state index in [9.17, 15) is 8.78 Å². The number of allylic oxidation sites excluding steroid dienone is 1. The van der Waals surface area contributed by atoms with Gasteiger partial charge in [-0.05, 0) is 93.2 Å². The van der Waals surface area contributed by atoms with Gasteiger partial charge in [-0.1, -0.05) is 50.5 Å². The van der Waals surface area contributed by atoms with Crippen LogP contribution in [-0.2, 0) is 6.42 Å². The van der Waals surface area contributed by atoms with Crippen LogP contribution in [0, 0.1) is 47.1 Å². The Hall–Kier alpha value is -1.62. The normalized spacial score (nSPS) is 26.6. The molecular weight excluding hydrogens is 374 g/mol. The molecule has 1 aromatic rings. The van der Waals surface area contributed by atoms with Crippen molar-refractivity contribution < 1.29 is 8.78 Å². The minimum atomic E-state index is -0.510. The van der Waals surface area contributed by atoms with Gasteiger partial charge in [0.2, 0.25) is 0 Å². The van der Waals surface area contributed by atoms with Crippen LogP contribution in [0.5, 0.6) is 0 Å². The van der Waals surface area contributed by atoms with E-state index >= 15 is 0 Å². The molecule has 0 nitrogen and oxygen atoms in total. The van der Waals surface area contributed by atoms with E-state index in [-0.39, 0.29) is 11.5 Å². The van der Waals surface area contributed by atoms with Crippen LogP contribution in [0.2, 0.25) is 0 Å². The van der Waals surface area contributed by atoms with Crippen LogP contribution in [0.3, 0.4) is 0 Å². The lowest BCUT2D eigenvalue weighted by Crippen LogP contribution is -2.25. The lowest BCUT2D eigenvalue weighted by Gasteiger charge is -2.37. The monoisotopic (exact) mass is 412 g/mol. The molecule has 2 fully saturated rings. The van der Waals surface area contributed by atoms with E-state index in [4.69, 9.17) is 0 Å². The molecular formula is C28H38F2. The van der Waals surface area contributed by atoms with Gasteiger partial charge in [-0.2, -0.15) is 0 Å². The molecule has 2 saturated carbocycles. The van der Waals surface area contributed by atoms with Gasteiger partial charge in [0.05, 0.1) is 5.56 Å². The van der Waals surface area contributed by atoms with Crippen molar-refractivity contribution in [3.63, 3.8) is 0 Å². The molecule has 0 spiro atoms. The molecule has 0 aromatic heterocycles. The van der Waals surface area contributed by atoms with Crippen LogP contribution in [0.25, 0.3) is 0 Å². The van der Waals surface area contributed by atoms with Crippen LogP contribution in [0.4, 0.5) is 8.78 Å². The topological polar surface area (TPSA) is 0 Å². The number of hydrogen-bond donors (Lipinski definition) is 0. The third-order valence-electron chi connectivity index (χ3n) is 7.39. The Morgan fingerprint density at radius 2 is 1.57 bits per heavy atom. The second kappa shape index (κ2) is 11.7. The summed E-state index contributed by atoms with van der Waals surface area (Å²) in [5.74, 6) is 7.94. The summed E-state index contributed by atoms with van der Waals surface area (Å²) >= 11 is 0. The first-order valence-electron chi connectivity index (χ1n) is 12.2. The van der Waals surface area contributed by atoms with Crippen LogP contribution < -0.4 is 0 Å². The summed E-state index contributed by atoms with van der Waals surface area (Å²) in [5.41, 5.74) is 0.667. The van der Waals surface area contributed by atoms with Crippen molar-refractivity contribution in [2.75, 3.05) is 0 Å². The Bertz CT molecular complexity index is 715. The predicted molar refractivity (Wildman–Crippen MR) is 122 cm³/mol. The highest BCUT2D eigenvalue weighted by Gasteiger charge is 2.30. The van der Waals surface area contributed by atoms with E-state index in [1.807, 2.05) is 13.0 Å². The van der Waals surface area contributed by atoms with Crippen molar-refractivity contribution >= 4 is 0 Å². The van der Waals surface area contributed by atoms with Crippen LogP contribution in [-0.4, -0.2) is 0 Å². The molecule has 0 N–H and O–H groups in total. The smallest absolute Gasteiger partial charge is 0.142 e. The molecule has 1 aromatic carbocycles. The highest BCUT2D eigenvalue weighted by atomic mass is 19.1. The van der Waals surface area contributed by atoms with Crippen molar-refractivity contribution in [1.29, 1.82) is 0 Å². The van der Waals surface area contributed by atoms with E-state index in [1.165, 1.54) is 63.5 Å². The second-order valence-corrected chi connectivity index (χ2v) is 9.57. The maximum absolute atomic E-state index is 14.3. The standard InChI is InChI=1S/C28H38F2/c1-3-5-6-8-21-9-14-24(15-10-21)25-16-11-22(12-17-25)13-18-26-27(29)19-23(7-4-2)20-28(26)30/h3,19-22,24-25H,1,4-12,14-17H2,2H3/t21-,22?,24-,25?. The Kier molecular flexibility index (Phi) is 8.98. The molecule has 0 heterocycles. The highest BCUT2D eigenvalue weighted by molar-refractivity contribution is 5.39. The predicted octanol–water partition coefficient (Wildman–Crippen LogP) is 8.24. The summed E-state index contributed by atoms with van der Waals surface area (Å²) in [6, 6.07) is 2.89. The Balaban J connectivity index is 1.46. The van der Waals surface area contributed by atoms with Gasteiger partial charge in [-0.15, -0.1) is 6.58 Å². The quantitative estimate of drug-likeness (QED) is 0.240. The van der Waals surface area contributed by atoms with E-state index in [0.717, 1.165) is 43.4 Å². The summed E-state index contributed by atoms with van der Waals surface area (Å²) in [7, 11) is 0. The first-order valence-corrected chi connectivity index (χ1v) is 12.2. The zero-order chi connectivity index (χ0) is 21.3. The molecule has 2 aliphatic carbocycles. The average molecular weight is 413 g/mol. The molecule has 2 aliphatic rings. The SMILES string of the molecule is C=CCCC[C@H]1CC[C@H](C2CCC(C#Cc3c(F)cc(CCC)cc3F)CC2)CC1. The van der Waals surface area contributed by atoms with Crippen molar-refractivity contribution in [3.8, 4) is 11.8 Å². The van der Waals surface area contributed by atoms with Crippen LogP contribution >= 0.6 is 0 Å². The van der Waals surface area contributed by atoms with E-state index in [1.54, 1.807) is 0 Å². The molecule has 30 heavy (non-hydrogen) atoms. The van der Waals surface area contributed by atoms with Crippen LogP contribution in [0.1, 0.15) is 95.1 Å². The van der Waals surface area contributed by atoms with Gasteiger partial charge >= 0.3 is 0 Å². The van der Waals surface area contributed by atoms with Gasteiger partial charge in [-0.3, -0.25) is 0 Å². The maximum atomic E-state index is 14.3. The first kappa shape index (κ1) is 23.1. The van der Waals surface area contributed by atoms with E-state index in [0.29, 0.717) is 12.0 Å². The number of rotatable bonds is 7. The zero-order valence-electron chi connectivity index (χ0n) is 18.7. The number of aryl methyl sites for hydroxylation is 1. The van der Waals surface area contributed by atoms with Gasteiger partial charge in [-0.25, -0.2) is 8.78 Å². The van der Waals surface area contributed by atoms with Gasteiger partial charge < -0.3 is 0 Å². The molecule has 0 bridgehead atoms. The molecule has 164 valence electrons. The van der Waals surface area contributed by atoms with Crippen molar-refractivity contribution in [1.82, 2.24) is 0 Å². The molecule has 2 heteroatoms. The van der Waals surface area contributed by atoms with Gasteiger partial charge in [0.15, 0.2) is 0 Å². The first-order chi connectivity index (χ1) is 14.6. The third kappa shape index (κ3) is 6.44. The third-order valence-corrected chi connectivity index (χ3v) is 7.39.